The maximum Gasteiger partial charge on any atom is 0.194 e. The monoisotopic (exact) mass is 351 g/mol. The van der Waals surface area contributed by atoms with Crippen molar-refractivity contribution in [1.82, 2.24) is 10.2 Å². The molecule has 2 rings (SSSR count). The lowest BCUT2D eigenvalue weighted by Crippen LogP contribution is -2.72. The molecule has 0 unspecified atom stereocenters. The Balaban J connectivity index is 0.00000144. The van der Waals surface area contributed by atoms with Crippen LogP contribution in [0.4, 0.5) is 0 Å². The fourth-order valence-electron chi connectivity index (χ4n) is 2.17. The minimum absolute atomic E-state index is 0. The van der Waals surface area contributed by atoms with Gasteiger partial charge in [-0.15, -0.1) is 24.0 Å². The summed E-state index contributed by atoms with van der Waals surface area (Å²) in [6.07, 6.45) is 2.61. The maximum atomic E-state index is 4.62. The van der Waals surface area contributed by atoms with Crippen LogP contribution in [0.1, 0.15) is 47.5 Å². The molecule has 0 atom stereocenters. The van der Waals surface area contributed by atoms with Crippen molar-refractivity contribution >= 4 is 29.9 Å². The molecule has 2 fully saturated rings. The fraction of sp³-hybridized carbons (Fsp3) is 0.923. The lowest BCUT2D eigenvalue weighted by atomic mass is 9.65. The molecule has 1 aliphatic heterocycles. The van der Waals surface area contributed by atoms with Crippen LogP contribution in [-0.2, 0) is 0 Å². The van der Waals surface area contributed by atoms with Gasteiger partial charge in [0, 0.05) is 30.1 Å². The molecule has 0 spiro atoms. The van der Waals surface area contributed by atoms with Crippen LogP contribution in [0.15, 0.2) is 4.99 Å². The van der Waals surface area contributed by atoms with Gasteiger partial charge in [-0.25, -0.2) is 0 Å². The highest BCUT2D eigenvalue weighted by molar-refractivity contribution is 14.0. The van der Waals surface area contributed by atoms with Gasteiger partial charge in [0.2, 0.25) is 0 Å². The second kappa shape index (κ2) is 4.94. The average Bonchev–Trinajstić information content (AvgIpc) is 2.97. The van der Waals surface area contributed by atoms with Crippen LogP contribution in [0.25, 0.3) is 0 Å². The van der Waals surface area contributed by atoms with E-state index in [1.165, 1.54) is 12.8 Å². The Morgan fingerprint density at radius 2 is 1.88 bits per heavy atom. The Kier molecular flexibility index (Phi) is 4.37. The molecule has 0 bridgehead atoms. The molecule has 0 aromatic heterocycles. The summed E-state index contributed by atoms with van der Waals surface area (Å²) in [5.74, 6) is 1.12. The first-order chi connectivity index (χ1) is 7.38. The smallest absolute Gasteiger partial charge is 0.194 e. The third-order valence-corrected chi connectivity index (χ3v) is 4.36. The Morgan fingerprint density at radius 3 is 2.24 bits per heavy atom. The highest BCUT2D eigenvalue weighted by Crippen LogP contribution is 2.46. The van der Waals surface area contributed by atoms with Crippen LogP contribution in [0.2, 0.25) is 0 Å². The number of hydrogen-bond acceptors (Lipinski definition) is 1. The van der Waals surface area contributed by atoms with E-state index in [4.69, 9.17) is 0 Å². The van der Waals surface area contributed by atoms with Crippen LogP contribution in [0, 0.1) is 5.41 Å². The Hall–Kier alpha value is 0. The first-order valence-electron chi connectivity index (χ1n) is 6.47. The summed E-state index contributed by atoms with van der Waals surface area (Å²) in [7, 11) is 0. The van der Waals surface area contributed by atoms with Gasteiger partial charge in [-0.3, -0.25) is 4.99 Å². The Labute approximate surface area is 122 Å². The Morgan fingerprint density at radius 1 is 1.29 bits per heavy atom. The van der Waals surface area contributed by atoms with Crippen LogP contribution >= 0.6 is 24.0 Å². The van der Waals surface area contributed by atoms with Gasteiger partial charge in [0.25, 0.3) is 0 Å². The molecule has 0 radical (unpaired) electrons. The molecule has 100 valence electrons. The summed E-state index contributed by atoms with van der Waals surface area (Å²) >= 11 is 0. The standard InChI is InChI=1S/C13H25N3.HI/c1-6-14-11(15-10-7-8-10)16-9-12(2,3)13(16,4)5;/h10H,6-9H2,1-5H3,(H,14,15);1H. The molecule has 3 nitrogen and oxygen atoms in total. The topological polar surface area (TPSA) is 27.6 Å². The predicted molar refractivity (Wildman–Crippen MR) is 84.1 cm³/mol. The molecule has 1 aliphatic carbocycles. The van der Waals surface area contributed by atoms with Crippen molar-refractivity contribution in [2.24, 2.45) is 10.4 Å². The summed E-state index contributed by atoms with van der Waals surface area (Å²) in [6, 6.07) is 0.685. The van der Waals surface area contributed by atoms with Crippen molar-refractivity contribution < 1.29 is 0 Å². The second-order valence-electron chi connectivity index (χ2n) is 6.25. The van der Waals surface area contributed by atoms with E-state index in [9.17, 15) is 0 Å². The molecule has 1 heterocycles. The number of likely N-dealkylation sites (tertiary alicyclic amines) is 1. The molecule has 1 saturated carbocycles. The average molecular weight is 351 g/mol. The number of nitrogens with one attached hydrogen (secondary N) is 1. The zero-order valence-corrected chi connectivity index (χ0v) is 14.0. The summed E-state index contributed by atoms with van der Waals surface area (Å²) in [6.45, 7) is 13.4. The lowest BCUT2D eigenvalue weighted by Gasteiger charge is -2.62. The van der Waals surface area contributed by atoms with Crippen molar-refractivity contribution in [3.05, 3.63) is 0 Å². The molecule has 1 saturated heterocycles. The molecule has 0 amide bonds. The first-order valence-corrected chi connectivity index (χ1v) is 6.47. The second-order valence-corrected chi connectivity index (χ2v) is 6.25. The zero-order valence-electron chi connectivity index (χ0n) is 11.7. The molecular weight excluding hydrogens is 325 g/mol. The molecule has 2 aliphatic rings. The third-order valence-electron chi connectivity index (χ3n) is 4.36. The number of nitrogens with zero attached hydrogens (tertiary/aromatic N) is 2. The molecule has 17 heavy (non-hydrogen) atoms. The van der Waals surface area contributed by atoms with E-state index in [2.05, 4.69) is 49.8 Å². The first kappa shape index (κ1) is 15.1. The Bertz CT molecular complexity index is 306. The highest BCUT2D eigenvalue weighted by atomic mass is 127. The van der Waals surface area contributed by atoms with E-state index in [1.54, 1.807) is 0 Å². The van der Waals surface area contributed by atoms with Crippen molar-refractivity contribution in [2.45, 2.75) is 59.0 Å². The maximum absolute atomic E-state index is 4.62. The number of halogens is 1. The number of guanidine groups is 1. The quantitative estimate of drug-likeness (QED) is 0.471. The van der Waals surface area contributed by atoms with Crippen LogP contribution < -0.4 is 5.32 Å². The minimum atomic E-state index is 0. The van der Waals surface area contributed by atoms with Gasteiger partial charge < -0.3 is 10.2 Å². The molecule has 0 aromatic rings. The summed E-state index contributed by atoms with van der Waals surface area (Å²) in [5.41, 5.74) is 0.593. The zero-order chi connectivity index (χ0) is 12.0. The predicted octanol–water partition coefficient (Wildman–Crippen LogP) is 2.85. The van der Waals surface area contributed by atoms with E-state index < -0.39 is 0 Å². The molecule has 0 aromatic carbocycles. The number of hydrogen-bond donors (Lipinski definition) is 1. The number of aliphatic imine (C=N–C) groups is 1. The van der Waals surface area contributed by atoms with Crippen LogP contribution in [0.5, 0.6) is 0 Å². The fourth-order valence-corrected chi connectivity index (χ4v) is 2.17. The van der Waals surface area contributed by atoms with Gasteiger partial charge in [0.1, 0.15) is 0 Å². The van der Waals surface area contributed by atoms with E-state index in [-0.39, 0.29) is 29.5 Å². The van der Waals surface area contributed by atoms with Gasteiger partial charge >= 0.3 is 0 Å². The normalized spacial score (nSPS) is 25.9. The largest absolute Gasteiger partial charge is 0.353 e. The number of rotatable bonds is 2. The van der Waals surface area contributed by atoms with Gasteiger partial charge in [0.15, 0.2) is 5.96 Å². The van der Waals surface area contributed by atoms with Gasteiger partial charge in [0.05, 0.1) is 0 Å². The van der Waals surface area contributed by atoms with Crippen LogP contribution in [0.3, 0.4) is 0 Å². The van der Waals surface area contributed by atoms with Gasteiger partial charge in [-0.1, -0.05) is 13.8 Å². The van der Waals surface area contributed by atoms with E-state index >= 15 is 0 Å². The third kappa shape index (κ3) is 2.71. The van der Waals surface area contributed by atoms with Crippen molar-refractivity contribution in [3.63, 3.8) is 0 Å². The van der Waals surface area contributed by atoms with Crippen molar-refractivity contribution in [2.75, 3.05) is 13.1 Å². The summed E-state index contributed by atoms with van der Waals surface area (Å²) < 4.78 is 0. The van der Waals surface area contributed by atoms with Crippen LogP contribution in [-0.4, -0.2) is 35.5 Å². The van der Waals surface area contributed by atoms with E-state index in [0.717, 1.165) is 19.0 Å². The molecule has 1 N–H and O–H groups in total. The van der Waals surface area contributed by atoms with Crippen molar-refractivity contribution in [1.29, 1.82) is 0 Å². The molecular formula is C13H26IN3. The minimum Gasteiger partial charge on any atom is -0.353 e. The van der Waals surface area contributed by atoms with E-state index in [0.29, 0.717) is 11.5 Å². The van der Waals surface area contributed by atoms with E-state index in [1.807, 2.05) is 0 Å². The van der Waals surface area contributed by atoms with Gasteiger partial charge in [-0.05, 0) is 33.6 Å². The highest BCUT2D eigenvalue weighted by Gasteiger charge is 2.54. The SMILES string of the molecule is CCN=C(NC1CC1)N1CC(C)(C)C1(C)C.I. The van der Waals surface area contributed by atoms with Crippen molar-refractivity contribution in [3.8, 4) is 0 Å². The molecule has 4 heteroatoms. The summed E-state index contributed by atoms with van der Waals surface area (Å²) in [5, 5.41) is 3.56. The summed E-state index contributed by atoms with van der Waals surface area (Å²) in [4.78, 5) is 7.04. The lowest BCUT2D eigenvalue weighted by molar-refractivity contribution is -0.0668. The van der Waals surface area contributed by atoms with Gasteiger partial charge in [-0.2, -0.15) is 0 Å².